The molecule has 2 bridgehead atoms. The van der Waals surface area contributed by atoms with Crippen molar-refractivity contribution in [3.8, 4) is 0 Å². The second kappa shape index (κ2) is 1.77. The first-order valence-corrected chi connectivity index (χ1v) is 3.19. The summed E-state index contributed by atoms with van der Waals surface area (Å²) in [5.74, 6) is 0. The second-order valence-electron chi connectivity index (χ2n) is 2.19. The van der Waals surface area contributed by atoms with Gasteiger partial charge in [0.15, 0.2) is 0 Å². The van der Waals surface area contributed by atoms with Crippen LogP contribution in [0.15, 0.2) is 37.0 Å². The molecule has 0 saturated heterocycles. The number of nitrogens with zero attached hydrogens (tertiary/aromatic N) is 1. The van der Waals surface area contributed by atoms with Crippen LogP contribution in [0.3, 0.4) is 0 Å². The average Bonchev–Trinajstić information content (AvgIpc) is 2.50. The first-order chi connectivity index (χ1) is 4.92. The summed E-state index contributed by atoms with van der Waals surface area (Å²) < 4.78 is 1.98. The van der Waals surface area contributed by atoms with Crippen molar-refractivity contribution in [3.63, 3.8) is 0 Å². The minimum atomic E-state index is 1.18. The first kappa shape index (κ1) is 5.35. The lowest BCUT2D eigenvalue weighted by Gasteiger charge is -1.99. The van der Waals surface area contributed by atoms with Crippen LogP contribution in [0.25, 0.3) is 11.0 Å². The molecule has 0 aliphatic heterocycles. The molecule has 0 radical (unpaired) electrons. The molecule has 0 aliphatic carbocycles. The van der Waals surface area contributed by atoms with E-state index in [1.807, 2.05) is 4.68 Å². The minimum Gasteiger partial charge on any atom is -0.302 e. The third kappa shape index (κ3) is 0.530. The summed E-state index contributed by atoms with van der Waals surface area (Å²) in [6, 6.07) is 8.25. The molecule has 0 saturated carbocycles. The summed E-state index contributed by atoms with van der Waals surface area (Å²) in [4.78, 5) is 0. The molecule has 2 nitrogen and oxygen atoms in total. The van der Waals surface area contributed by atoms with E-state index >= 15 is 0 Å². The van der Waals surface area contributed by atoms with E-state index in [-0.39, 0.29) is 0 Å². The predicted octanol–water partition coefficient (Wildman–Crippen LogP) is 1.77. The van der Waals surface area contributed by atoms with Crippen LogP contribution < -0.4 is 5.43 Å². The van der Waals surface area contributed by atoms with Gasteiger partial charge >= 0.3 is 0 Å². The Bertz CT molecular complexity index is 287. The number of aromatic nitrogens is 1. The summed E-state index contributed by atoms with van der Waals surface area (Å²) in [5, 5.41) is 0. The Morgan fingerprint density at radius 3 is 2.10 bits per heavy atom. The predicted molar refractivity (Wildman–Crippen MR) is 42.7 cm³/mol. The van der Waals surface area contributed by atoms with Crippen molar-refractivity contribution in [1.29, 1.82) is 0 Å². The van der Waals surface area contributed by atoms with Gasteiger partial charge in [0.05, 0.1) is 11.0 Å². The highest BCUT2D eigenvalue weighted by molar-refractivity contribution is 5.68. The Balaban J connectivity index is 2.59. The molecule has 0 amide bonds. The van der Waals surface area contributed by atoms with Crippen molar-refractivity contribution in [1.82, 2.24) is 4.68 Å². The molecule has 0 fully saturated rings. The Labute approximate surface area is 59.1 Å². The molecular formula is C8H8N2. The third-order valence-electron chi connectivity index (χ3n) is 1.59. The van der Waals surface area contributed by atoms with Crippen molar-refractivity contribution in [2.45, 2.75) is 0 Å². The van der Waals surface area contributed by atoms with Gasteiger partial charge in [0.25, 0.3) is 0 Å². The standard InChI is InChI=1S/C8H8N2/c1-2-9-10-7-3-4-8(10)6-5-7/h2-6,9H,1H2. The fourth-order valence-corrected chi connectivity index (χ4v) is 1.14. The van der Waals surface area contributed by atoms with Crippen molar-refractivity contribution >= 4 is 11.0 Å². The molecule has 0 spiro atoms. The van der Waals surface area contributed by atoms with Gasteiger partial charge in [-0.25, -0.2) is 0 Å². The van der Waals surface area contributed by atoms with Crippen LogP contribution in [0.2, 0.25) is 0 Å². The highest BCUT2D eigenvalue weighted by Crippen LogP contribution is 2.13. The minimum absolute atomic E-state index is 1.18. The molecule has 2 rings (SSSR count). The van der Waals surface area contributed by atoms with Crippen LogP contribution in [-0.4, -0.2) is 4.68 Å². The lowest BCUT2D eigenvalue weighted by atomic mass is 10.4. The molecule has 2 heteroatoms. The SMILES string of the molecule is C=CNn1c2ccc1cc2. The van der Waals surface area contributed by atoms with E-state index in [0.717, 1.165) is 0 Å². The lowest BCUT2D eigenvalue weighted by molar-refractivity contribution is 1.06. The zero-order chi connectivity index (χ0) is 6.97. The van der Waals surface area contributed by atoms with Crippen LogP contribution >= 0.6 is 0 Å². The van der Waals surface area contributed by atoms with Crippen LogP contribution in [0.4, 0.5) is 0 Å². The second-order valence-corrected chi connectivity index (χ2v) is 2.19. The van der Waals surface area contributed by atoms with Crippen molar-refractivity contribution in [2.24, 2.45) is 0 Å². The van der Waals surface area contributed by atoms with Crippen LogP contribution in [0, 0.1) is 0 Å². The van der Waals surface area contributed by atoms with Crippen LogP contribution in [-0.2, 0) is 0 Å². The largest absolute Gasteiger partial charge is 0.302 e. The van der Waals surface area contributed by atoms with Crippen LogP contribution in [0.1, 0.15) is 0 Å². The smallest absolute Gasteiger partial charge is 0.0631 e. The van der Waals surface area contributed by atoms with Gasteiger partial charge in [0.2, 0.25) is 0 Å². The van der Waals surface area contributed by atoms with E-state index < -0.39 is 0 Å². The Morgan fingerprint density at radius 1 is 1.20 bits per heavy atom. The quantitative estimate of drug-likeness (QED) is 0.658. The zero-order valence-corrected chi connectivity index (χ0v) is 5.54. The van der Waals surface area contributed by atoms with Gasteiger partial charge < -0.3 is 5.43 Å². The normalized spacial score (nSPS) is 10.4. The van der Waals surface area contributed by atoms with Crippen molar-refractivity contribution in [3.05, 3.63) is 37.0 Å². The number of hydrogen-bond acceptors (Lipinski definition) is 1. The maximum atomic E-state index is 3.59. The van der Waals surface area contributed by atoms with Gasteiger partial charge in [-0.2, -0.15) is 0 Å². The maximum Gasteiger partial charge on any atom is 0.0631 e. The molecule has 0 unspecified atom stereocenters. The van der Waals surface area contributed by atoms with Gasteiger partial charge in [-0.05, 0) is 24.3 Å². The number of benzene rings is 1. The monoisotopic (exact) mass is 132 g/mol. The topological polar surface area (TPSA) is 17.0 Å². The van der Waals surface area contributed by atoms with Crippen molar-refractivity contribution in [2.75, 3.05) is 5.43 Å². The Hall–Kier alpha value is -1.44. The average molecular weight is 132 g/mol. The highest BCUT2D eigenvalue weighted by atomic mass is 15.4. The number of hydrogen-bond donors (Lipinski definition) is 1. The number of nitrogens with one attached hydrogen (secondary N) is 1. The third-order valence-corrected chi connectivity index (χ3v) is 1.59. The van der Waals surface area contributed by atoms with Crippen LogP contribution in [0.5, 0.6) is 0 Å². The molecule has 1 N–H and O–H groups in total. The molecule has 2 aromatic rings. The fraction of sp³-hybridized carbons (Fsp3) is 0. The molecule has 0 aromatic carbocycles. The zero-order valence-electron chi connectivity index (χ0n) is 5.54. The van der Waals surface area contributed by atoms with E-state index in [1.54, 1.807) is 6.20 Å². The fourth-order valence-electron chi connectivity index (χ4n) is 1.14. The molecule has 2 heterocycles. The van der Waals surface area contributed by atoms with Crippen molar-refractivity contribution < 1.29 is 0 Å². The van der Waals surface area contributed by atoms with E-state index in [9.17, 15) is 0 Å². The van der Waals surface area contributed by atoms with Gasteiger partial charge in [0.1, 0.15) is 0 Å². The van der Waals surface area contributed by atoms with Gasteiger partial charge in [-0.1, -0.05) is 6.58 Å². The molecule has 50 valence electrons. The Kier molecular flexibility index (Phi) is 0.947. The molecule has 0 atom stereocenters. The summed E-state index contributed by atoms with van der Waals surface area (Å²) in [5.41, 5.74) is 5.36. The highest BCUT2D eigenvalue weighted by Gasteiger charge is 1.99. The van der Waals surface area contributed by atoms with E-state index in [1.165, 1.54) is 11.0 Å². The molecule has 2 aromatic heterocycles. The van der Waals surface area contributed by atoms with E-state index in [4.69, 9.17) is 0 Å². The molecular weight excluding hydrogens is 124 g/mol. The summed E-state index contributed by atoms with van der Waals surface area (Å²) in [6.07, 6.45) is 1.67. The maximum absolute atomic E-state index is 3.59. The lowest BCUT2D eigenvalue weighted by Crippen LogP contribution is -2.03. The van der Waals surface area contributed by atoms with E-state index in [0.29, 0.717) is 0 Å². The van der Waals surface area contributed by atoms with Gasteiger partial charge in [-0.15, -0.1) is 0 Å². The summed E-state index contributed by atoms with van der Waals surface area (Å²) in [7, 11) is 0. The Morgan fingerprint density at radius 2 is 1.70 bits per heavy atom. The molecule has 0 aliphatic rings. The summed E-state index contributed by atoms with van der Waals surface area (Å²) >= 11 is 0. The van der Waals surface area contributed by atoms with Gasteiger partial charge in [-0.3, -0.25) is 4.68 Å². The van der Waals surface area contributed by atoms with Gasteiger partial charge in [0, 0.05) is 6.20 Å². The first-order valence-electron chi connectivity index (χ1n) is 3.19. The van der Waals surface area contributed by atoms with E-state index in [2.05, 4.69) is 36.3 Å². The molecule has 10 heavy (non-hydrogen) atoms. The number of rotatable bonds is 2. The number of fused-ring (bicyclic) bond motifs is 2. The summed E-state index contributed by atoms with van der Waals surface area (Å²) in [6.45, 7) is 3.59.